The first-order chi connectivity index (χ1) is 6.57. The molecule has 0 saturated heterocycles. The van der Waals surface area contributed by atoms with E-state index in [2.05, 4.69) is 0 Å². The lowest BCUT2D eigenvalue weighted by Crippen LogP contribution is -2.34. The summed E-state index contributed by atoms with van der Waals surface area (Å²) in [6, 6.07) is 1.53. The summed E-state index contributed by atoms with van der Waals surface area (Å²) in [5.74, 6) is -0.993. The third-order valence-corrected chi connectivity index (χ3v) is 2.75. The number of hydrogen-bond acceptors (Lipinski definition) is 5. The first-order valence-corrected chi connectivity index (χ1v) is 4.78. The predicted octanol–water partition coefficient (Wildman–Crippen LogP) is -0.880. The molecule has 1 aromatic heterocycles. The second-order valence-electron chi connectivity index (χ2n) is 2.75. The minimum absolute atomic E-state index is 0.241. The number of hydrogen-bond donors (Lipinski definition) is 4. The van der Waals surface area contributed by atoms with Crippen LogP contribution in [0, 0.1) is 0 Å². The molecule has 0 saturated carbocycles. The number of nitrogens with two attached hydrogens (primary N) is 1. The zero-order valence-corrected chi connectivity index (χ0v) is 8.07. The first kappa shape index (κ1) is 11.1. The van der Waals surface area contributed by atoms with Gasteiger partial charge in [-0.15, -0.1) is 11.3 Å². The molecular formula is C8H11NO4S. The van der Waals surface area contributed by atoms with E-state index in [1.807, 2.05) is 0 Å². The van der Waals surface area contributed by atoms with Crippen molar-refractivity contribution in [2.24, 2.45) is 5.73 Å². The van der Waals surface area contributed by atoms with Gasteiger partial charge < -0.3 is 21.1 Å². The molecule has 0 spiro atoms. The molecular weight excluding hydrogens is 206 g/mol. The molecule has 0 aliphatic heterocycles. The van der Waals surface area contributed by atoms with Crippen LogP contribution in [0.1, 0.15) is 16.5 Å². The average Bonchev–Trinajstić information content (AvgIpc) is 2.62. The predicted molar refractivity (Wildman–Crippen MR) is 50.4 cm³/mol. The fraction of sp³-hybridized carbons (Fsp3) is 0.375. The number of aliphatic hydroxyl groups is 3. The molecule has 78 valence electrons. The summed E-state index contributed by atoms with van der Waals surface area (Å²) in [5.41, 5.74) is 5.16. The van der Waals surface area contributed by atoms with Gasteiger partial charge in [-0.25, -0.2) is 0 Å². The monoisotopic (exact) mass is 217 g/mol. The number of thiophene rings is 1. The van der Waals surface area contributed by atoms with E-state index >= 15 is 0 Å². The molecule has 2 atom stereocenters. The van der Waals surface area contributed by atoms with Crippen molar-refractivity contribution in [3.05, 3.63) is 21.9 Å². The van der Waals surface area contributed by atoms with Crippen LogP contribution in [0.2, 0.25) is 0 Å². The minimum atomic E-state index is -1.64. The van der Waals surface area contributed by atoms with Crippen molar-refractivity contribution < 1.29 is 20.1 Å². The molecule has 1 aromatic rings. The maximum absolute atomic E-state index is 10.6. The summed E-state index contributed by atoms with van der Waals surface area (Å²) in [6.45, 7) is -0.241. The van der Waals surface area contributed by atoms with Crippen LogP contribution in [-0.2, 0) is 11.4 Å². The maximum Gasteiger partial charge on any atom is 0.249 e. The van der Waals surface area contributed by atoms with Gasteiger partial charge in [-0.3, -0.25) is 4.79 Å². The zero-order valence-electron chi connectivity index (χ0n) is 7.25. The average molecular weight is 217 g/mol. The number of aliphatic hydroxyl groups excluding tert-OH is 3. The molecule has 5 N–H and O–H groups in total. The van der Waals surface area contributed by atoms with E-state index < -0.39 is 18.1 Å². The number of rotatable bonds is 4. The Kier molecular flexibility index (Phi) is 3.59. The summed E-state index contributed by atoms with van der Waals surface area (Å²) in [7, 11) is 0. The first-order valence-electron chi connectivity index (χ1n) is 3.90. The Labute approximate surface area is 84.4 Å². The Morgan fingerprint density at radius 1 is 1.57 bits per heavy atom. The van der Waals surface area contributed by atoms with Crippen LogP contribution in [0.4, 0.5) is 0 Å². The van der Waals surface area contributed by atoms with Crippen molar-refractivity contribution in [2.75, 3.05) is 0 Å². The molecule has 6 heteroatoms. The Bertz CT molecular complexity index is 325. The van der Waals surface area contributed by atoms with Gasteiger partial charge in [-0.05, 0) is 17.0 Å². The lowest BCUT2D eigenvalue weighted by atomic mass is 10.1. The van der Waals surface area contributed by atoms with Crippen LogP contribution in [0.5, 0.6) is 0 Å². The Morgan fingerprint density at radius 3 is 2.71 bits per heavy atom. The highest BCUT2D eigenvalue weighted by Gasteiger charge is 2.25. The highest BCUT2D eigenvalue weighted by Crippen LogP contribution is 2.25. The van der Waals surface area contributed by atoms with Gasteiger partial charge >= 0.3 is 0 Å². The largest absolute Gasteiger partial charge is 0.391 e. The van der Waals surface area contributed by atoms with Crippen LogP contribution < -0.4 is 5.73 Å². The van der Waals surface area contributed by atoms with Crippen LogP contribution >= 0.6 is 11.3 Å². The van der Waals surface area contributed by atoms with Gasteiger partial charge in [0, 0.05) is 4.88 Å². The molecule has 0 fully saturated rings. The quantitative estimate of drug-likeness (QED) is 0.525. The van der Waals surface area contributed by atoms with Gasteiger partial charge in [0.25, 0.3) is 0 Å². The Morgan fingerprint density at radius 2 is 2.21 bits per heavy atom. The van der Waals surface area contributed by atoms with Crippen molar-refractivity contribution in [1.82, 2.24) is 0 Å². The van der Waals surface area contributed by atoms with Crippen molar-refractivity contribution in [3.8, 4) is 0 Å². The van der Waals surface area contributed by atoms with Crippen LogP contribution in [-0.4, -0.2) is 27.3 Å². The maximum atomic E-state index is 10.6. The van der Waals surface area contributed by atoms with E-state index in [-0.39, 0.29) is 6.61 Å². The summed E-state index contributed by atoms with van der Waals surface area (Å²) in [6.07, 6.45) is -3.02. The van der Waals surface area contributed by atoms with E-state index in [0.717, 1.165) is 0 Å². The zero-order chi connectivity index (χ0) is 10.7. The normalized spacial score (nSPS) is 15.1. The highest BCUT2D eigenvalue weighted by atomic mass is 32.1. The van der Waals surface area contributed by atoms with Crippen LogP contribution in [0.15, 0.2) is 11.4 Å². The van der Waals surface area contributed by atoms with E-state index in [1.54, 1.807) is 5.38 Å². The van der Waals surface area contributed by atoms with Crippen molar-refractivity contribution in [1.29, 1.82) is 0 Å². The molecule has 1 amide bonds. The van der Waals surface area contributed by atoms with Gasteiger partial charge in [0.1, 0.15) is 6.10 Å². The molecule has 1 heterocycles. The summed E-state index contributed by atoms with van der Waals surface area (Å²) >= 11 is 1.23. The SMILES string of the molecule is NC(=O)C(O)C(O)c1ccsc1CO. The molecule has 0 aliphatic carbocycles. The Hall–Kier alpha value is -0.950. The molecule has 0 bridgehead atoms. The van der Waals surface area contributed by atoms with Gasteiger partial charge in [-0.1, -0.05) is 0 Å². The van der Waals surface area contributed by atoms with E-state index in [4.69, 9.17) is 10.8 Å². The second kappa shape index (κ2) is 4.52. The van der Waals surface area contributed by atoms with E-state index in [9.17, 15) is 15.0 Å². The fourth-order valence-corrected chi connectivity index (χ4v) is 1.85. The smallest absolute Gasteiger partial charge is 0.249 e. The van der Waals surface area contributed by atoms with E-state index in [0.29, 0.717) is 10.4 Å². The topological polar surface area (TPSA) is 104 Å². The van der Waals surface area contributed by atoms with Crippen molar-refractivity contribution in [3.63, 3.8) is 0 Å². The Balaban J connectivity index is 2.88. The number of carbonyl (C=O) groups excluding carboxylic acids is 1. The molecule has 0 aliphatic rings. The molecule has 2 unspecified atom stereocenters. The summed E-state index contributed by atoms with van der Waals surface area (Å²) in [4.78, 5) is 11.1. The molecule has 0 radical (unpaired) electrons. The number of primary amides is 1. The third-order valence-electron chi connectivity index (χ3n) is 1.83. The van der Waals surface area contributed by atoms with Crippen LogP contribution in [0.25, 0.3) is 0 Å². The molecule has 0 aromatic carbocycles. The second-order valence-corrected chi connectivity index (χ2v) is 3.75. The van der Waals surface area contributed by atoms with Gasteiger partial charge in [0.05, 0.1) is 6.61 Å². The standard InChI is InChI=1S/C8H11NO4S/c9-8(13)7(12)6(11)4-1-2-14-5(4)3-10/h1-2,6-7,10-12H,3H2,(H2,9,13). The van der Waals surface area contributed by atoms with Crippen molar-refractivity contribution >= 4 is 17.2 Å². The lowest BCUT2D eigenvalue weighted by molar-refractivity contribution is -0.132. The third kappa shape index (κ3) is 2.10. The summed E-state index contributed by atoms with van der Waals surface area (Å²) < 4.78 is 0. The molecule has 5 nitrogen and oxygen atoms in total. The summed E-state index contributed by atoms with van der Waals surface area (Å²) in [5, 5.41) is 29.2. The highest BCUT2D eigenvalue weighted by molar-refractivity contribution is 7.10. The number of carbonyl (C=O) groups is 1. The minimum Gasteiger partial charge on any atom is -0.391 e. The van der Waals surface area contributed by atoms with E-state index in [1.165, 1.54) is 17.4 Å². The van der Waals surface area contributed by atoms with Crippen molar-refractivity contribution in [2.45, 2.75) is 18.8 Å². The lowest BCUT2D eigenvalue weighted by Gasteiger charge is -2.14. The van der Waals surface area contributed by atoms with Gasteiger partial charge in [0.15, 0.2) is 6.10 Å². The van der Waals surface area contributed by atoms with Crippen LogP contribution in [0.3, 0.4) is 0 Å². The number of amides is 1. The fourth-order valence-electron chi connectivity index (χ4n) is 1.07. The molecule has 14 heavy (non-hydrogen) atoms. The van der Waals surface area contributed by atoms with Gasteiger partial charge in [-0.2, -0.15) is 0 Å². The molecule has 1 rings (SSSR count). The van der Waals surface area contributed by atoms with Gasteiger partial charge in [0.2, 0.25) is 5.91 Å².